The lowest BCUT2D eigenvalue weighted by atomic mass is 10.2. The molecule has 0 saturated carbocycles. The summed E-state index contributed by atoms with van der Waals surface area (Å²) in [6.45, 7) is 5.40. The van der Waals surface area contributed by atoms with Crippen molar-refractivity contribution in [1.82, 2.24) is 15.0 Å². The molecule has 1 aliphatic heterocycles. The van der Waals surface area contributed by atoms with Crippen molar-refractivity contribution in [3.05, 3.63) is 0 Å². The number of ether oxygens (including phenoxy) is 1. The molecule has 1 saturated heterocycles. The number of nitrogen functional groups attached to an aromatic ring is 1. The molecule has 0 radical (unpaired) electrons. The second-order valence-corrected chi connectivity index (χ2v) is 4.73. The summed E-state index contributed by atoms with van der Waals surface area (Å²) in [5.74, 6) is 3.23. The van der Waals surface area contributed by atoms with Crippen molar-refractivity contribution in [2.45, 2.75) is 32.3 Å². The average molecular weight is 247 g/mol. The molecule has 1 aromatic heterocycles. The molecular weight excluding hydrogens is 230 g/mol. The van der Waals surface area contributed by atoms with Crippen molar-refractivity contribution in [2.24, 2.45) is 0 Å². The van der Waals surface area contributed by atoms with Gasteiger partial charge in [-0.05, 0) is 26.7 Å². The first-order chi connectivity index (χ1) is 8.50. The zero-order chi connectivity index (χ0) is 13.2. The van der Waals surface area contributed by atoms with E-state index in [0.717, 1.165) is 25.9 Å². The molecule has 6 heteroatoms. The van der Waals surface area contributed by atoms with Gasteiger partial charge in [-0.1, -0.05) is 5.92 Å². The number of nitrogens with two attached hydrogens (primary N) is 1. The van der Waals surface area contributed by atoms with Crippen LogP contribution in [-0.2, 0) is 0 Å². The quantitative estimate of drug-likeness (QED) is 0.798. The molecule has 2 rings (SSSR count). The topological polar surface area (TPSA) is 77.2 Å². The molecule has 2 heterocycles. The number of rotatable bonds is 3. The summed E-state index contributed by atoms with van der Waals surface area (Å²) in [7, 11) is 0. The van der Waals surface area contributed by atoms with Crippen LogP contribution in [0.3, 0.4) is 0 Å². The zero-order valence-corrected chi connectivity index (χ0v) is 10.7. The lowest BCUT2D eigenvalue weighted by Crippen LogP contribution is -2.28. The van der Waals surface area contributed by atoms with Crippen LogP contribution in [0, 0.1) is 12.3 Å². The summed E-state index contributed by atoms with van der Waals surface area (Å²) in [4.78, 5) is 14.4. The van der Waals surface area contributed by atoms with Crippen LogP contribution in [0.4, 0.5) is 11.9 Å². The number of anilines is 2. The van der Waals surface area contributed by atoms with E-state index in [2.05, 4.69) is 25.8 Å². The van der Waals surface area contributed by atoms with Gasteiger partial charge in [0.15, 0.2) is 5.60 Å². The number of hydrogen-bond acceptors (Lipinski definition) is 6. The maximum absolute atomic E-state index is 5.67. The Morgan fingerprint density at radius 1 is 1.28 bits per heavy atom. The van der Waals surface area contributed by atoms with Crippen molar-refractivity contribution >= 4 is 11.9 Å². The molecule has 6 nitrogen and oxygen atoms in total. The number of terminal acetylenes is 1. The van der Waals surface area contributed by atoms with Crippen molar-refractivity contribution in [2.75, 3.05) is 23.7 Å². The van der Waals surface area contributed by atoms with Gasteiger partial charge in [-0.25, -0.2) is 0 Å². The third-order valence-electron chi connectivity index (χ3n) is 2.70. The second kappa shape index (κ2) is 4.69. The van der Waals surface area contributed by atoms with E-state index < -0.39 is 5.60 Å². The summed E-state index contributed by atoms with van der Waals surface area (Å²) < 4.78 is 5.53. The zero-order valence-electron chi connectivity index (χ0n) is 10.7. The Hall–Kier alpha value is -2.03. The van der Waals surface area contributed by atoms with Gasteiger partial charge in [-0.2, -0.15) is 15.0 Å². The van der Waals surface area contributed by atoms with Crippen molar-refractivity contribution in [1.29, 1.82) is 0 Å². The van der Waals surface area contributed by atoms with E-state index in [1.54, 1.807) is 13.8 Å². The first-order valence-corrected chi connectivity index (χ1v) is 5.93. The van der Waals surface area contributed by atoms with Crippen molar-refractivity contribution in [3.8, 4) is 18.4 Å². The number of hydrogen-bond donors (Lipinski definition) is 1. The van der Waals surface area contributed by atoms with E-state index in [4.69, 9.17) is 16.9 Å². The molecule has 2 N–H and O–H groups in total. The molecular formula is C12H17N5O. The molecule has 0 aliphatic carbocycles. The van der Waals surface area contributed by atoms with Gasteiger partial charge in [0.25, 0.3) is 0 Å². The van der Waals surface area contributed by atoms with Gasteiger partial charge in [0.05, 0.1) is 0 Å². The summed E-state index contributed by atoms with van der Waals surface area (Å²) in [6, 6.07) is 0.173. The Balaban J connectivity index is 2.24. The highest BCUT2D eigenvalue weighted by atomic mass is 16.5. The van der Waals surface area contributed by atoms with Gasteiger partial charge in [-0.15, -0.1) is 6.42 Å². The van der Waals surface area contributed by atoms with Gasteiger partial charge in [0, 0.05) is 13.1 Å². The predicted molar refractivity (Wildman–Crippen MR) is 69.2 cm³/mol. The monoisotopic (exact) mass is 247 g/mol. The highest BCUT2D eigenvalue weighted by molar-refractivity contribution is 5.37. The van der Waals surface area contributed by atoms with Gasteiger partial charge in [0.2, 0.25) is 11.9 Å². The maximum atomic E-state index is 5.67. The Labute approximate surface area is 107 Å². The van der Waals surface area contributed by atoms with Gasteiger partial charge < -0.3 is 15.4 Å². The molecule has 96 valence electrons. The fourth-order valence-electron chi connectivity index (χ4n) is 1.72. The molecule has 1 fully saturated rings. The van der Waals surface area contributed by atoms with Crippen molar-refractivity contribution < 1.29 is 4.74 Å². The highest BCUT2D eigenvalue weighted by Gasteiger charge is 2.21. The van der Waals surface area contributed by atoms with Crippen LogP contribution in [0.15, 0.2) is 0 Å². The lowest BCUT2D eigenvalue weighted by Gasteiger charge is -2.20. The van der Waals surface area contributed by atoms with Gasteiger partial charge in [0.1, 0.15) is 0 Å². The van der Waals surface area contributed by atoms with Crippen molar-refractivity contribution in [3.63, 3.8) is 0 Å². The predicted octanol–water partition coefficient (Wildman–Crippen LogP) is 0.845. The largest absolute Gasteiger partial charge is 0.444 e. The molecule has 18 heavy (non-hydrogen) atoms. The lowest BCUT2D eigenvalue weighted by molar-refractivity contribution is 0.156. The molecule has 0 aromatic carbocycles. The van der Waals surface area contributed by atoms with Crippen LogP contribution in [0.25, 0.3) is 0 Å². The smallest absolute Gasteiger partial charge is 0.324 e. The third kappa shape index (κ3) is 2.80. The Morgan fingerprint density at radius 3 is 2.56 bits per heavy atom. The first-order valence-electron chi connectivity index (χ1n) is 5.93. The minimum Gasteiger partial charge on any atom is -0.444 e. The molecule has 1 aromatic rings. The van der Waals surface area contributed by atoms with Gasteiger partial charge >= 0.3 is 6.01 Å². The molecule has 1 aliphatic rings. The summed E-state index contributed by atoms with van der Waals surface area (Å²) in [5, 5.41) is 0. The van der Waals surface area contributed by atoms with E-state index in [9.17, 15) is 0 Å². The molecule has 0 unspecified atom stereocenters. The maximum Gasteiger partial charge on any atom is 0.324 e. The van der Waals surface area contributed by atoms with E-state index in [1.807, 2.05) is 0 Å². The SMILES string of the molecule is C#CC(C)(C)Oc1nc(N)nc(N2CCCC2)n1. The Bertz CT molecular complexity index is 474. The summed E-state index contributed by atoms with van der Waals surface area (Å²) in [6.07, 6.45) is 7.64. The van der Waals surface area contributed by atoms with E-state index in [1.165, 1.54) is 0 Å². The minimum absolute atomic E-state index is 0.148. The first kappa shape index (κ1) is 12.4. The minimum atomic E-state index is -0.768. The Morgan fingerprint density at radius 2 is 1.94 bits per heavy atom. The molecule has 0 atom stereocenters. The van der Waals surface area contributed by atoms with Crippen LogP contribution in [0.2, 0.25) is 0 Å². The van der Waals surface area contributed by atoms with Crippen LogP contribution in [0.5, 0.6) is 6.01 Å². The second-order valence-electron chi connectivity index (χ2n) is 4.73. The normalized spacial score (nSPS) is 15.5. The number of aromatic nitrogens is 3. The summed E-state index contributed by atoms with van der Waals surface area (Å²) >= 11 is 0. The fraction of sp³-hybridized carbons (Fsp3) is 0.583. The number of nitrogens with zero attached hydrogens (tertiary/aromatic N) is 4. The van der Waals surface area contributed by atoms with E-state index >= 15 is 0 Å². The highest BCUT2D eigenvalue weighted by Crippen LogP contribution is 2.20. The molecule has 0 bridgehead atoms. The molecule has 0 amide bonds. The van der Waals surface area contributed by atoms with Crippen LogP contribution in [0.1, 0.15) is 26.7 Å². The van der Waals surface area contributed by atoms with E-state index in [-0.39, 0.29) is 12.0 Å². The van der Waals surface area contributed by atoms with Gasteiger partial charge in [-0.3, -0.25) is 0 Å². The molecule has 0 spiro atoms. The van der Waals surface area contributed by atoms with Crippen LogP contribution < -0.4 is 15.4 Å². The van der Waals surface area contributed by atoms with E-state index in [0.29, 0.717) is 5.95 Å². The average Bonchev–Trinajstić information content (AvgIpc) is 2.81. The fourth-order valence-corrected chi connectivity index (χ4v) is 1.72. The standard InChI is InChI=1S/C12H17N5O/c1-4-12(2,3)18-11-15-9(13)14-10(16-11)17-7-5-6-8-17/h1H,5-8H2,2-3H3,(H2,13,14,15,16). The third-order valence-corrected chi connectivity index (χ3v) is 2.70. The Kier molecular flexibility index (Phi) is 3.24. The summed E-state index contributed by atoms with van der Waals surface area (Å²) in [5.41, 5.74) is 4.90. The van der Waals surface area contributed by atoms with Crippen LogP contribution >= 0.6 is 0 Å². The van der Waals surface area contributed by atoms with Crippen LogP contribution in [-0.4, -0.2) is 33.6 Å².